The Balaban J connectivity index is 1.61. The summed E-state index contributed by atoms with van der Waals surface area (Å²) in [5.74, 6) is 7.20. The molecule has 0 bridgehead atoms. The third kappa shape index (κ3) is 4.32. The third-order valence-corrected chi connectivity index (χ3v) is 3.74. The molecular weight excluding hydrogens is 288 g/mol. The Kier molecular flexibility index (Phi) is 5.25. The lowest BCUT2D eigenvalue weighted by molar-refractivity contribution is -0.0224. The number of hydrogen-bond acceptors (Lipinski definition) is 4. The molecule has 1 aromatic heterocycles. The minimum atomic E-state index is 0.187. The van der Waals surface area contributed by atoms with Crippen LogP contribution in [0.25, 0.3) is 0 Å². The van der Waals surface area contributed by atoms with E-state index in [4.69, 9.17) is 9.47 Å². The van der Waals surface area contributed by atoms with Crippen molar-refractivity contribution in [3.63, 3.8) is 0 Å². The fourth-order valence-electron chi connectivity index (χ4n) is 2.45. The van der Waals surface area contributed by atoms with Crippen molar-refractivity contribution in [2.45, 2.75) is 12.5 Å². The maximum Gasteiger partial charge on any atom is 0.130 e. The molecule has 1 aromatic carbocycles. The van der Waals surface area contributed by atoms with E-state index in [1.807, 2.05) is 48.7 Å². The summed E-state index contributed by atoms with van der Waals surface area (Å²) in [6.45, 7) is 2.13. The molecule has 1 aliphatic rings. The van der Waals surface area contributed by atoms with Crippen LogP contribution in [0.2, 0.25) is 0 Å². The Bertz CT molecular complexity index is 666. The van der Waals surface area contributed by atoms with Crippen molar-refractivity contribution in [2.75, 3.05) is 31.9 Å². The van der Waals surface area contributed by atoms with Crippen LogP contribution in [0.4, 0.5) is 5.82 Å². The van der Waals surface area contributed by atoms with Gasteiger partial charge in [0.05, 0.1) is 12.7 Å². The highest BCUT2D eigenvalue weighted by Crippen LogP contribution is 2.17. The van der Waals surface area contributed by atoms with Gasteiger partial charge in [-0.1, -0.05) is 30.0 Å². The van der Waals surface area contributed by atoms with Crippen LogP contribution in [0, 0.1) is 11.8 Å². The predicted octanol–water partition coefficient (Wildman–Crippen LogP) is 2.68. The summed E-state index contributed by atoms with van der Waals surface area (Å²) in [7, 11) is 1.70. The molecule has 0 saturated carbocycles. The fourth-order valence-corrected chi connectivity index (χ4v) is 2.45. The minimum absolute atomic E-state index is 0.187. The topological polar surface area (TPSA) is 34.6 Å². The van der Waals surface area contributed by atoms with Crippen molar-refractivity contribution in [3.8, 4) is 11.8 Å². The molecule has 4 nitrogen and oxygen atoms in total. The van der Waals surface area contributed by atoms with E-state index < -0.39 is 0 Å². The van der Waals surface area contributed by atoms with Crippen LogP contribution >= 0.6 is 0 Å². The first-order valence-corrected chi connectivity index (χ1v) is 7.74. The van der Waals surface area contributed by atoms with Crippen molar-refractivity contribution in [1.29, 1.82) is 0 Å². The maximum absolute atomic E-state index is 5.75. The maximum atomic E-state index is 5.75. The molecule has 1 fully saturated rings. The Labute approximate surface area is 137 Å². The largest absolute Gasteiger partial charge is 0.382 e. The van der Waals surface area contributed by atoms with Gasteiger partial charge in [0.25, 0.3) is 0 Å². The van der Waals surface area contributed by atoms with Gasteiger partial charge in [-0.2, -0.15) is 0 Å². The van der Waals surface area contributed by atoms with E-state index in [0.29, 0.717) is 13.3 Å². The van der Waals surface area contributed by atoms with Crippen molar-refractivity contribution < 1.29 is 9.47 Å². The zero-order chi connectivity index (χ0) is 15.9. The van der Waals surface area contributed by atoms with Crippen LogP contribution in [0.15, 0.2) is 48.7 Å². The van der Waals surface area contributed by atoms with E-state index in [-0.39, 0.29) is 6.10 Å². The number of anilines is 1. The summed E-state index contributed by atoms with van der Waals surface area (Å²) in [6, 6.07) is 13.9. The van der Waals surface area contributed by atoms with E-state index in [0.717, 1.165) is 29.9 Å². The molecule has 1 atom stereocenters. The van der Waals surface area contributed by atoms with E-state index in [1.165, 1.54) is 0 Å². The molecular formula is C19H20N2O2. The number of nitrogens with zero attached hydrogens (tertiary/aromatic N) is 2. The number of benzene rings is 1. The van der Waals surface area contributed by atoms with E-state index >= 15 is 0 Å². The fraction of sp³-hybridized carbons (Fsp3) is 0.316. The van der Waals surface area contributed by atoms with E-state index in [2.05, 4.69) is 21.7 Å². The van der Waals surface area contributed by atoms with Crippen molar-refractivity contribution in [3.05, 3.63) is 59.8 Å². The lowest BCUT2D eigenvalue weighted by atomic mass is 10.2. The number of pyridine rings is 1. The smallest absolute Gasteiger partial charge is 0.130 e. The minimum Gasteiger partial charge on any atom is -0.382 e. The molecule has 118 valence electrons. The molecule has 1 saturated heterocycles. The van der Waals surface area contributed by atoms with Gasteiger partial charge in [-0.05, 0) is 30.7 Å². The Morgan fingerprint density at radius 3 is 2.65 bits per heavy atom. The van der Waals surface area contributed by atoms with Crippen LogP contribution in [0.5, 0.6) is 0 Å². The number of hydrogen-bond donors (Lipinski definition) is 0. The van der Waals surface area contributed by atoms with Crippen LogP contribution in [-0.4, -0.2) is 38.1 Å². The van der Waals surface area contributed by atoms with E-state index in [9.17, 15) is 0 Å². The SMILES string of the molecule is COCC1CCN(c2ccc(C#Cc3ccccc3)cn2)CO1. The van der Waals surface area contributed by atoms with Crippen LogP contribution < -0.4 is 4.90 Å². The van der Waals surface area contributed by atoms with Crippen molar-refractivity contribution in [1.82, 2.24) is 4.98 Å². The standard InChI is InChI=1S/C19H20N2O2/c1-22-14-18-11-12-21(15-23-18)19-10-9-17(13-20-19)8-7-16-5-3-2-4-6-16/h2-6,9-10,13,18H,11-12,14-15H2,1H3. The van der Waals surface area contributed by atoms with Gasteiger partial charge in [0.2, 0.25) is 0 Å². The quantitative estimate of drug-likeness (QED) is 0.817. The molecule has 0 amide bonds. The molecule has 4 heteroatoms. The average molecular weight is 308 g/mol. The summed E-state index contributed by atoms with van der Waals surface area (Å²) in [5, 5.41) is 0. The summed E-state index contributed by atoms with van der Waals surface area (Å²) < 4.78 is 10.9. The molecule has 1 aliphatic heterocycles. The highest BCUT2D eigenvalue weighted by molar-refractivity contribution is 5.46. The van der Waals surface area contributed by atoms with Gasteiger partial charge in [0.15, 0.2) is 0 Å². The molecule has 0 aliphatic carbocycles. The van der Waals surface area contributed by atoms with Gasteiger partial charge < -0.3 is 14.4 Å². The van der Waals surface area contributed by atoms with Gasteiger partial charge in [-0.15, -0.1) is 0 Å². The molecule has 2 aromatic rings. The molecule has 2 heterocycles. The number of ether oxygens (including phenoxy) is 2. The van der Waals surface area contributed by atoms with Gasteiger partial charge in [0.1, 0.15) is 12.5 Å². The second kappa shape index (κ2) is 7.77. The normalized spacial score (nSPS) is 17.4. The number of aromatic nitrogens is 1. The zero-order valence-electron chi connectivity index (χ0n) is 13.2. The van der Waals surface area contributed by atoms with Gasteiger partial charge >= 0.3 is 0 Å². The summed E-state index contributed by atoms with van der Waals surface area (Å²) in [4.78, 5) is 6.62. The second-order valence-electron chi connectivity index (χ2n) is 5.45. The summed E-state index contributed by atoms with van der Waals surface area (Å²) in [5.41, 5.74) is 1.91. The van der Waals surface area contributed by atoms with Crippen molar-refractivity contribution >= 4 is 5.82 Å². The molecule has 23 heavy (non-hydrogen) atoms. The van der Waals surface area contributed by atoms with Crippen molar-refractivity contribution in [2.24, 2.45) is 0 Å². The van der Waals surface area contributed by atoms with Crippen LogP contribution in [0.1, 0.15) is 17.5 Å². The Morgan fingerprint density at radius 2 is 2.00 bits per heavy atom. The molecule has 0 spiro atoms. The molecule has 0 radical (unpaired) electrons. The predicted molar refractivity (Wildman–Crippen MR) is 90.2 cm³/mol. The van der Waals surface area contributed by atoms with Crippen LogP contribution in [0.3, 0.4) is 0 Å². The van der Waals surface area contributed by atoms with Gasteiger partial charge in [-0.3, -0.25) is 0 Å². The molecule has 3 rings (SSSR count). The monoisotopic (exact) mass is 308 g/mol. The Morgan fingerprint density at radius 1 is 1.17 bits per heavy atom. The summed E-state index contributed by atoms with van der Waals surface area (Å²) in [6.07, 6.45) is 2.95. The Hall–Kier alpha value is -2.35. The highest BCUT2D eigenvalue weighted by atomic mass is 16.5. The van der Waals surface area contributed by atoms with Gasteiger partial charge in [0, 0.05) is 31.0 Å². The molecule has 1 unspecified atom stereocenters. The van der Waals surface area contributed by atoms with Crippen LogP contribution in [-0.2, 0) is 9.47 Å². The summed E-state index contributed by atoms with van der Waals surface area (Å²) >= 11 is 0. The zero-order valence-corrected chi connectivity index (χ0v) is 13.2. The second-order valence-corrected chi connectivity index (χ2v) is 5.45. The van der Waals surface area contributed by atoms with Gasteiger partial charge in [-0.25, -0.2) is 4.98 Å². The first-order chi connectivity index (χ1) is 11.3. The highest BCUT2D eigenvalue weighted by Gasteiger charge is 2.20. The van der Waals surface area contributed by atoms with E-state index in [1.54, 1.807) is 7.11 Å². The first kappa shape index (κ1) is 15.5. The first-order valence-electron chi connectivity index (χ1n) is 7.74. The number of methoxy groups -OCH3 is 1. The molecule has 0 N–H and O–H groups in total. The average Bonchev–Trinajstić information content (AvgIpc) is 2.62. The number of rotatable bonds is 3. The lowest BCUT2D eigenvalue weighted by Gasteiger charge is -2.32. The third-order valence-electron chi connectivity index (χ3n) is 3.74. The lowest BCUT2D eigenvalue weighted by Crippen LogP contribution is -2.40.